The first kappa shape index (κ1) is 17.0. The van der Waals surface area contributed by atoms with Crippen molar-refractivity contribution < 1.29 is 4.79 Å². The molecule has 7 heteroatoms. The summed E-state index contributed by atoms with van der Waals surface area (Å²) >= 11 is 1.53. The van der Waals surface area contributed by atoms with Crippen molar-refractivity contribution >= 4 is 22.9 Å². The lowest BCUT2D eigenvalue weighted by molar-refractivity contribution is -0.118. The molecule has 0 spiro atoms. The van der Waals surface area contributed by atoms with Crippen LogP contribution in [0.5, 0.6) is 0 Å². The second kappa shape index (κ2) is 5.54. The van der Waals surface area contributed by atoms with Crippen LogP contribution < -0.4 is 16.6 Å². The van der Waals surface area contributed by atoms with Gasteiger partial charge in [-0.25, -0.2) is 4.79 Å². The Kier molecular flexibility index (Phi) is 3.63. The molecule has 2 aromatic heterocycles. The topological polar surface area (TPSA) is 73.1 Å². The van der Waals surface area contributed by atoms with E-state index in [0.717, 1.165) is 15.1 Å². The van der Waals surface area contributed by atoms with Crippen LogP contribution in [0.4, 0.5) is 5.82 Å². The van der Waals surface area contributed by atoms with Gasteiger partial charge in [-0.2, -0.15) is 0 Å². The molecule has 0 saturated carbocycles. The van der Waals surface area contributed by atoms with Crippen LogP contribution in [0, 0.1) is 5.41 Å². The number of rotatable bonds is 1. The Bertz CT molecular complexity index is 1070. The maximum Gasteiger partial charge on any atom is 0.332 e. The number of allylic oxidation sites excluding steroid dienone is 2. The molecule has 0 unspecified atom stereocenters. The molecule has 2 aromatic rings. The van der Waals surface area contributed by atoms with Crippen LogP contribution in [-0.4, -0.2) is 14.9 Å². The summed E-state index contributed by atoms with van der Waals surface area (Å²) in [5.74, 6) is 0.153. The van der Waals surface area contributed by atoms with E-state index in [2.05, 4.69) is 19.2 Å². The molecule has 0 radical (unpaired) electrons. The fourth-order valence-corrected chi connectivity index (χ4v) is 4.93. The number of anilines is 1. The summed E-state index contributed by atoms with van der Waals surface area (Å²) < 4.78 is 2.58. The lowest BCUT2D eigenvalue weighted by Gasteiger charge is -2.39. The van der Waals surface area contributed by atoms with E-state index in [-0.39, 0.29) is 22.4 Å². The smallest absolute Gasteiger partial charge is 0.332 e. The predicted molar refractivity (Wildman–Crippen MR) is 102 cm³/mol. The summed E-state index contributed by atoms with van der Waals surface area (Å²) in [6, 6.07) is 3.87. The molecule has 0 fully saturated rings. The number of ketones is 1. The molecule has 1 aliphatic carbocycles. The highest BCUT2D eigenvalue weighted by atomic mass is 32.1. The van der Waals surface area contributed by atoms with Crippen molar-refractivity contribution in [2.24, 2.45) is 19.5 Å². The molecule has 1 atom stereocenters. The van der Waals surface area contributed by atoms with Crippen LogP contribution >= 0.6 is 11.3 Å². The van der Waals surface area contributed by atoms with Crippen molar-refractivity contribution in [1.29, 1.82) is 0 Å². The number of fused-ring (bicyclic) bond motifs is 1. The first-order valence-electron chi connectivity index (χ1n) is 8.58. The molecule has 6 nitrogen and oxygen atoms in total. The average molecular weight is 371 g/mol. The summed E-state index contributed by atoms with van der Waals surface area (Å²) in [6.45, 7) is 4.13. The monoisotopic (exact) mass is 371 g/mol. The minimum absolute atomic E-state index is 0.0729. The van der Waals surface area contributed by atoms with Gasteiger partial charge in [-0.1, -0.05) is 19.9 Å². The van der Waals surface area contributed by atoms with Crippen molar-refractivity contribution in [2.75, 3.05) is 5.32 Å². The fraction of sp³-hybridized carbons (Fsp3) is 0.421. The summed E-state index contributed by atoms with van der Waals surface area (Å²) in [6.07, 6.45) is 1.16. The molecule has 4 rings (SSSR count). The predicted octanol–water partition coefficient (Wildman–Crippen LogP) is 2.35. The standard InChI is InChI=1S/C19H21N3O3S/c1-19(2)8-10-13(11(23)9-19)14(12-6-5-7-26-12)15-16(20-10)21(3)18(25)22(4)17(15)24/h5-7,14,20H,8-9H2,1-4H3/t14-/m0/s1. The maximum absolute atomic E-state index is 13.0. The van der Waals surface area contributed by atoms with E-state index in [1.54, 1.807) is 7.05 Å². The van der Waals surface area contributed by atoms with Crippen molar-refractivity contribution in [3.63, 3.8) is 0 Å². The van der Waals surface area contributed by atoms with E-state index in [4.69, 9.17) is 0 Å². The number of aromatic nitrogens is 2. The van der Waals surface area contributed by atoms with E-state index in [9.17, 15) is 14.4 Å². The third-order valence-electron chi connectivity index (χ3n) is 5.29. The first-order chi connectivity index (χ1) is 12.2. The van der Waals surface area contributed by atoms with Crippen LogP contribution in [0.1, 0.15) is 43.0 Å². The van der Waals surface area contributed by atoms with Gasteiger partial charge in [-0.05, 0) is 23.3 Å². The highest BCUT2D eigenvalue weighted by Gasteiger charge is 2.43. The van der Waals surface area contributed by atoms with Crippen molar-refractivity contribution in [1.82, 2.24) is 9.13 Å². The second-order valence-electron chi connectivity index (χ2n) is 7.87. The average Bonchev–Trinajstić information content (AvgIpc) is 3.09. The van der Waals surface area contributed by atoms with Crippen LogP contribution in [0.15, 0.2) is 38.4 Å². The number of nitrogens with one attached hydrogen (secondary N) is 1. The van der Waals surface area contributed by atoms with Gasteiger partial charge in [0.25, 0.3) is 5.56 Å². The van der Waals surface area contributed by atoms with E-state index in [0.29, 0.717) is 29.8 Å². The minimum atomic E-state index is -0.421. The van der Waals surface area contributed by atoms with Gasteiger partial charge >= 0.3 is 5.69 Å². The Balaban J connectivity index is 2.07. The Morgan fingerprint density at radius 1 is 1.15 bits per heavy atom. The lowest BCUT2D eigenvalue weighted by Crippen LogP contribution is -2.44. The van der Waals surface area contributed by atoms with Crippen molar-refractivity contribution in [3.05, 3.63) is 60.1 Å². The molecule has 2 aliphatic rings. The SMILES string of the molecule is Cn1c2c(c(=O)n(C)c1=O)[C@@H](c1cccs1)C1=C(CC(C)(C)CC1=O)N2. The molecule has 1 N–H and O–H groups in total. The van der Waals surface area contributed by atoms with Gasteiger partial charge < -0.3 is 5.32 Å². The Morgan fingerprint density at radius 2 is 1.88 bits per heavy atom. The van der Waals surface area contributed by atoms with E-state index in [1.165, 1.54) is 23.0 Å². The number of hydrogen-bond acceptors (Lipinski definition) is 5. The Hall–Kier alpha value is -2.41. The van der Waals surface area contributed by atoms with Gasteiger partial charge in [0.2, 0.25) is 0 Å². The fourth-order valence-electron chi connectivity index (χ4n) is 4.09. The zero-order chi connectivity index (χ0) is 18.8. The molecule has 0 aromatic carbocycles. The zero-order valence-corrected chi connectivity index (χ0v) is 16.1. The molecule has 1 aliphatic heterocycles. The highest BCUT2D eigenvalue weighted by molar-refractivity contribution is 7.10. The maximum atomic E-state index is 13.0. The van der Waals surface area contributed by atoms with Gasteiger partial charge in [-0.15, -0.1) is 11.3 Å². The summed E-state index contributed by atoms with van der Waals surface area (Å²) in [5, 5.41) is 5.21. The summed E-state index contributed by atoms with van der Waals surface area (Å²) in [5.41, 5.74) is 1.10. The van der Waals surface area contributed by atoms with E-state index < -0.39 is 5.92 Å². The zero-order valence-electron chi connectivity index (χ0n) is 15.3. The van der Waals surface area contributed by atoms with Gasteiger partial charge in [-0.3, -0.25) is 18.7 Å². The lowest BCUT2D eigenvalue weighted by atomic mass is 9.70. The molecular weight excluding hydrogens is 350 g/mol. The molecule has 136 valence electrons. The van der Waals surface area contributed by atoms with Crippen LogP contribution in [0.3, 0.4) is 0 Å². The number of carbonyl (C=O) groups is 1. The minimum Gasteiger partial charge on any atom is -0.344 e. The molecule has 3 heterocycles. The van der Waals surface area contributed by atoms with Crippen molar-refractivity contribution in [2.45, 2.75) is 32.6 Å². The third kappa shape index (κ3) is 2.34. The van der Waals surface area contributed by atoms with Gasteiger partial charge in [0.05, 0.1) is 11.5 Å². The molecular formula is C19H21N3O3S. The third-order valence-corrected chi connectivity index (χ3v) is 6.23. The Morgan fingerprint density at radius 3 is 2.54 bits per heavy atom. The number of carbonyl (C=O) groups excluding carboxylic acids is 1. The van der Waals surface area contributed by atoms with E-state index in [1.807, 2.05) is 17.5 Å². The van der Waals surface area contributed by atoms with Crippen LogP contribution in [-0.2, 0) is 18.9 Å². The van der Waals surface area contributed by atoms with Gasteiger partial charge in [0, 0.05) is 36.7 Å². The number of hydrogen-bond donors (Lipinski definition) is 1. The van der Waals surface area contributed by atoms with Crippen LogP contribution in [0.2, 0.25) is 0 Å². The normalized spacial score (nSPS) is 21.2. The first-order valence-corrected chi connectivity index (χ1v) is 9.46. The molecule has 0 bridgehead atoms. The molecule has 0 amide bonds. The highest BCUT2D eigenvalue weighted by Crippen LogP contribution is 2.48. The Labute approximate surface area is 154 Å². The van der Waals surface area contributed by atoms with Gasteiger partial charge in [0.1, 0.15) is 5.82 Å². The second-order valence-corrected chi connectivity index (χ2v) is 8.85. The molecule has 26 heavy (non-hydrogen) atoms. The van der Waals surface area contributed by atoms with Gasteiger partial charge in [0.15, 0.2) is 5.78 Å². The quantitative estimate of drug-likeness (QED) is 0.835. The summed E-state index contributed by atoms with van der Waals surface area (Å²) in [7, 11) is 3.13. The molecule has 0 saturated heterocycles. The number of nitrogens with zero attached hydrogens (tertiary/aromatic N) is 2. The number of Topliss-reactive ketones (excluding diaryl/α,β-unsaturated/α-hetero) is 1. The summed E-state index contributed by atoms with van der Waals surface area (Å²) in [4.78, 5) is 39.4. The van der Waals surface area contributed by atoms with E-state index >= 15 is 0 Å². The van der Waals surface area contributed by atoms with Crippen LogP contribution in [0.25, 0.3) is 0 Å². The van der Waals surface area contributed by atoms with Crippen molar-refractivity contribution in [3.8, 4) is 0 Å². The number of thiophene rings is 1. The largest absolute Gasteiger partial charge is 0.344 e.